The van der Waals surface area contributed by atoms with Crippen LogP contribution in [0.2, 0.25) is 5.02 Å². The van der Waals surface area contributed by atoms with Crippen molar-refractivity contribution in [2.24, 2.45) is 20.0 Å². The average Bonchev–Trinajstić information content (AvgIpc) is 3.31. The summed E-state index contributed by atoms with van der Waals surface area (Å²) in [6.45, 7) is 1.68. The van der Waals surface area contributed by atoms with Gasteiger partial charge < -0.3 is 19.5 Å². The van der Waals surface area contributed by atoms with Gasteiger partial charge in [-0.25, -0.2) is 4.79 Å². The Kier molecular flexibility index (Phi) is 6.27. The average molecular weight is 609 g/mol. The number of methoxy groups -OCH3 is 2. The van der Waals surface area contributed by atoms with Crippen LogP contribution in [0.3, 0.4) is 0 Å². The molecule has 1 N–H and O–H groups in total. The van der Waals surface area contributed by atoms with Crippen molar-refractivity contribution in [1.82, 2.24) is 9.13 Å². The Labute approximate surface area is 248 Å². The van der Waals surface area contributed by atoms with Crippen molar-refractivity contribution >= 4 is 34.7 Å². The topological polar surface area (TPSA) is 161 Å². The molecule has 0 saturated heterocycles. The van der Waals surface area contributed by atoms with Crippen molar-refractivity contribution in [1.29, 1.82) is 0 Å². The number of rotatable bonds is 4. The second-order valence-electron chi connectivity index (χ2n) is 10.7. The van der Waals surface area contributed by atoms with Crippen LogP contribution in [0, 0.1) is 16.0 Å². The number of ketones is 2. The van der Waals surface area contributed by atoms with Gasteiger partial charge in [0.15, 0.2) is 5.75 Å². The number of carbonyl (C=O) groups excluding carboxylic acids is 2. The third kappa shape index (κ3) is 3.63. The molecule has 3 aliphatic rings. The van der Waals surface area contributed by atoms with E-state index in [4.69, 9.17) is 25.8 Å². The van der Waals surface area contributed by atoms with Crippen molar-refractivity contribution < 1.29 is 28.7 Å². The lowest BCUT2D eigenvalue weighted by molar-refractivity contribution is -0.384. The highest BCUT2D eigenvalue weighted by Gasteiger charge is 2.63. The van der Waals surface area contributed by atoms with E-state index in [0.29, 0.717) is 11.3 Å². The summed E-state index contributed by atoms with van der Waals surface area (Å²) in [6.07, 6.45) is 0.115. The summed E-state index contributed by atoms with van der Waals surface area (Å²) >= 11 is 6.56. The molecule has 2 aliphatic heterocycles. The molecule has 0 bridgehead atoms. The summed E-state index contributed by atoms with van der Waals surface area (Å²) in [4.78, 5) is 66.4. The summed E-state index contributed by atoms with van der Waals surface area (Å²) in [7, 11) is 5.55. The number of hydrogen-bond donors (Lipinski definition) is 1. The standard InChI is InChI=1S/C29H25ClN4O9/c1-12-10-15-19(24(35)29(12)25(36)20-16(41-4)11-17(42-5)22(30)23(20)43-29)18(13-6-8-14(9-7-13)34(39)40)21-26(31-15)32(2)28(38)33(3)27(21)37/h6-9,11-12,18,31H,10H2,1-5H3/t12-,18+,29+/m1/s1. The number of carbonyl (C=O) groups is 2. The zero-order valence-electron chi connectivity index (χ0n) is 23.6. The van der Waals surface area contributed by atoms with E-state index in [-0.39, 0.29) is 56.9 Å². The maximum Gasteiger partial charge on any atom is 0.332 e. The molecule has 0 fully saturated rings. The number of halogens is 1. The number of nitrogens with zero attached hydrogens (tertiary/aromatic N) is 3. The van der Waals surface area contributed by atoms with Gasteiger partial charge in [0.1, 0.15) is 27.9 Å². The van der Waals surface area contributed by atoms with Crippen molar-refractivity contribution in [3.63, 3.8) is 0 Å². The van der Waals surface area contributed by atoms with E-state index in [1.807, 2.05) is 0 Å². The molecule has 0 saturated carbocycles. The predicted octanol–water partition coefficient (Wildman–Crippen LogP) is 3.10. The van der Waals surface area contributed by atoms with Gasteiger partial charge in [0.2, 0.25) is 17.2 Å². The molecule has 3 atom stereocenters. The zero-order chi connectivity index (χ0) is 31.1. The van der Waals surface area contributed by atoms with Crippen molar-refractivity contribution in [2.45, 2.75) is 24.9 Å². The molecule has 43 heavy (non-hydrogen) atoms. The lowest BCUT2D eigenvalue weighted by Gasteiger charge is -2.42. The quantitative estimate of drug-likeness (QED) is 0.265. The first-order chi connectivity index (χ1) is 20.4. The summed E-state index contributed by atoms with van der Waals surface area (Å²) in [5, 5.41) is 14.5. The van der Waals surface area contributed by atoms with E-state index in [0.717, 1.165) is 4.57 Å². The number of nitro groups is 1. The Morgan fingerprint density at radius 2 is 1.70 bits per heavy atom. The first-order valence-electron chi connectivity index (χ1n) is 13.2. The summed E-state index contributed by atoms with van der Waals surface area (Å²) in [5.74, 6) is -2.78. The minimum atomic E-state index is -2.06. The molecular weight excluding hydrogens is 584 g/mol. The molecule has 1 spiro atoms. The van der Waals surface area contributed by atoms with Crippen molar-refractivity contribution in [2.75, 3.05) is 19.5 Å². The third-order valence-corrected chi connectivity index (χ3v) is 8.87. The second kappa shape index (κ2) is 9.56. The highest BCUT2D eigenvalue weighted by molar-refractivity contribution is 6.36. The molecule has 13 nitrogen and oxygen atoms in total. The van der Waals surface area contributed by atoms with Crippen LogP contribution in [-0.4, -0.2) is 45.4 Å². The number of hydrogen-bond acceptors (Lipinski definition) is 10. The fourth-order valence-corrected chi connectivity index (χ4v) is 6.58. The number of anilines is 1. The predicted molar refractivity (Wildman–Crippen MR) is 154 cm³/mol. The van der Waals surface area contributed by atoms with Gasteiger partial charge in [-0.3, -0.25) is 33.6 Å². The van der Waals surface area contributed by atoms with Gasteiger partial charge in [-0.2, -0.15) is 0 Å². The third-order valence-electron chi connectivity index (χ3n) is 8.51. The van der Waals surface area contributed by atoms with E-state index in [2.05, 4.69) is 5.32 Å². The first kappa shape index (κ1) is 28.2. The molecule has 1 aromatic heterocycles. The number of fused-ring (bicyclic) bond motifs is 2. The SMILES string of the molecule is COc1cc(OC)c2c(c1Cl)O[C@@]1(C(=O)C3=C(C[C@H]1C)Nc1c(c(=O)n(C)c(=O)n1C)[C@H]3c1ccc([N+](=O)[O-])cc1)C2=O. The Morgan fingerprint density at radius 3 is 2.30 bits per heavy atom. The fourth-order valence-electron chi connectivity index (χ4n) is 6.31. The minimum Gasteiger partial charge on any atom is -0.496 e. The largest absolute Gasteiger partial charge is 0.496 e. The number of non-ortho nitro benzene ring substituents is 1. The van der Waals surface area contributed by atoms with Crippen LogP contribution in [0.1, 0.15) is 40.7 Å². The highest BCUT2D eigenvalue weighted by Crippen LogP contribution is 2.56. The number of nitrogens with one attached hydrogen (secondary N) is 1. The van der Waals surface area contributed by atoms with E-state index in [1.165, 1.54) is 63.2 Å². The molecule has 0 unspecified atom stereocenters. The van der Waals surface area contributed by atoms with Crippen LogP contribution in [0.4, 0.5) is 11.5 Å². The molecular formula is C29H25ClN4O9. The molecule has 222 valence electrons. The van der Waals surface area contributed by atoms with E-state index >= 15 is 0 Å². The van der Waals surface area contributed by atoms with Gasteiger partial charge in [-0.05, 0) is 12.0 Å². The molecule has 0 radical (unpaired) electrons. The first-order valence-corrected chi connectivity index (χ1v) is 13.5. The second-order valence-corrected chi connectivity index (χ2v) is 11.0. The number of nitro benzene ring substituents is 1. The maximum absolute atomic E-state index is 14.8. The van der Waals surface area contributed by atoms with Crippen LogP contribution < -0.4 is 30.8 Å². The normalized spacial score (nSPS) is 22.0. The summed E-state index contributed by atoms with van der Waals surface area (Å²) in [5.41, 5.74) is -2.62. The Morgan fingerprint density at radius 1 is 1.05 bits per heavy atom. The molecule has 14 heteroatoms. The number of benzene rings is 2. The molecule has 1 aliphatic carbocycles. The molecule has 3 aromatic rings. The van der Waals surface area contributed by atoms with Crippen LogP contribution >= 0.6 is 11.6 Å². The molecule has 6 rings (SSSR count). The zero-order valence-corrected chi connectivity index (χ0v) is 24.4. The van der Waals surface area contributed by atoms with E-state index in [1.54, 1.807) is 6.92 Å². The van der Waals surface area contributed by atoms with E-state index < -0.39 is 45.2 Å². The molecule has 2 aromatic carbocycles. The lowest BCUT2D eigenvalue weighted by atomic mass is 9.66. The molecule has 0 amide bonds. The van der Waals surface area contributed by atoms with Gasteiger partial charge in [0.05, 0.1) is 24.7 Å². The van der Waals surface area contributed by atoms with Crippen LogP contribution in [0.15, 0.2) is 51.2 Å². The van der Waals surface area contributed by atoms with Crippen molar-refractivity contribution in [3.05, 3.63) is 94.3 Å². The van der Waals surface area contributed by atoms with Gasteiger partial charge in [-0.15, -0.1) is 0 Å². The number of ether oxygens (including phenoxy) is 3. The lowest BCUT2D eigenvalue weighted by Crippen LogP contribution is -2.58. The fraction of sp³-hybridized carbons (Fsp3) is 0.310. The van der Waals surface area contributed by atoms with Gasteiger partial charge >= 0.3 is 5.69 Å². The van der Waals surface area contributed by atoms with Crippen molar-refractivity contribution in [3.8, 4) is 17.2 Å². The monoisotopic (exact) mass is 608 g/mol. The summed E-state index contributed by atoms with van der Waals surface area (Å²) < 4.78 is 19.2. The smallest absolute Gasteiger partial charge is 0.332 e. The van der Waals surface area contributed by atoms with Crippen LogP contribution in [0.25, 0.3) is 0 Å². The number of Topliss-reactive ketones (excluding diaryl/α,β-unsaturated/α-hetero) is 2. The van der Waals surface area contributed by atoms with Crippen LogP contribution in [-0.2, 0) is 18.9 Å². The van der Waals surface area contributed by atoms with E-state index in [9.17, 15) is 29.3 Å². The van der Waals surface area contributed by atoms with Gasteiger partial charge in [0, 0.05) is 55.4 Å². The highest BCUT2D eigenvalue weighted by atomic mass is 35.5. The Bertz CT molecular complexity index is 1940. The summed E-state index contributed by atoms with van der Waals surface area (Å²) in [6, 6.07) is 6.86. The van der Waals surface area contributed by atoms with Gasteiger partial charge in [0.25, 0.3) is 11.2 Å². The Balaban J connectivity index is 1.61. The number of allylic oxidation sites excluding steroid dienone is 1. The maximum atomic E-state index is 14.8. The number of aromatic nitrogens is 2. The Hall–Kier alpha value is -4.91. The molecule has 3 heterocycles. The minimum absolute atomic E-state index is 0.00749. The van der Waals surface area contributed by atoms with Gasteiger partial charge in [-0.1, -0.05) is 30.7 Å². The van der Waals surface area contributed by atoms with Crippen LogP contribution in [0.5, 0.6) is 17.2 Å².